The molecule has 1 aliphatic rings. The summed E-state index contributed by atoms with van der Waals surface area (Å²) < 4.78 is 41.9. The Morgan fingerprint density at radius 1 is 1.31 bits per heavy atom. The van der Waals surface area contributed by atoms with E-state index in [4.69, 9.17) is 0 Å². The molecule has 0 spiro atoms. The lowest BCUT2D eigenvalue weighted by Gasteiger charge is -2.15. The highest BCUT2D eigenvalue weighted by molar-refractivity contribution is 5.90. The van der Waals surface area contributed by atoms with E-state index in [0.717, 1.165) is 18.9 Å². The second kappa shape index (κ2) is 6.47. The summed E-state index contributed by atoms with van der Waals surface area (Å²) >= 11 is 0. The number of halogens is 3. The van der Waals surface area contributed by atoms with E-state index in [0.29, 0.717) is 16.8 Å². The van der Waals surface area contributed by atoms with Gasteiger partial charge in [-0.15, -0.1) is 0 Å². The second-order valence-electron chi connectivity index (χ2n) is 7.23. The highest BCUT2D eigenvalue weighted by Crippen LogP contribution is 2.43. The molecule has 0 radical (unpaired) electrons. The molecule has 1 N–H and O–H groups in total. The predicted molar refractivity (Wildman–Crippen MR) is 99.2 cm³/mol. The zero-order valence-electron chi connectivity index (χ0n) is 15.7. The van der Waals surface area contributed by atoms with Crippen LogP contribution in [0.5, 0.6) is 0 Å². The number of aromatic carboxylic acids is 1. The molecule has 1 fully saturated rings. The van der Waals surface area contributed by atoms with Crippen LogP contribution < -0.4 is 5.56 Å². The topological polar surface area (TPSA) is 76.6 Å². The van der Waals surface area contributed by atoms with Crippen molar-refractivity contribution in [1.82, 2.24) is 14.2 Å². The van der Waals surface area contributed by atoms with Gasteiger partial charge in [-0.3, -0.25) is 4.79 Å². The van der Waals surface area contributed by atoms with Gasteiger partial charge in [0.05, 0.1) is 17.5 Å². The summed E-state index contributed by atoms with van der Waals surface area (Å²) in [4.78, 5) is 24.8. The lowest BCUT2D eigenvalue weighted by Crippen LogP contribution is -2.24. The molecule has 4 rings (SSSR count). The van der Waals surface area contributed by atoms with E-state index >= 15 is 0 Å². The Kier molecular flexibility index (Phi) is 4.29. The standard InChI is InChI=1S/C20H18F3N3O3/c1-3-25-14(12-6-7-13(10(2)8-12)20(21,22)23)9-26-17(18(25)27)15(11-4-5-11)16(24-26)19(28)29/h6-9,11H,3-5H2,1-2H3,(H,28,29). The van der Waals surface area contributed by atoms with Crippen LogP contribution in [0.25, 0.3) is 16.8 Å². The maximum atomic E-state index is 13.2. The Balaban J connectivity index is 1.98. The molecule has 152 valence electrons. The van der Waals surface area contributed by atoms with E-state index < -0.39 is 23.3 Å². The van der Waals surface area contributed by atoms with E-state index in [2.05, 4.69) is 5.10 Å². The minimum atomic E-state index is -4.46. The van der Waals surface area contributed by atoms with Gasteiger partial charge in [0.15, 0.2) is 5.69 Å². The fourth-order valence-corrected chi connectivity index (χ4v) is 3.78. The van der Waals surface area contributed by atoms with Crippen molar-refractivity contribution in [1.29, 1.82) is 0 Å². The monoisotopic (exact) mass is 405 g/mol. The number of hydrogen-bond acceptors (Lipinski definition) is 3. The normalized spacial score (nSPS) is 14.5. The van der Waals surface area contributed by atoms with Crippen LogP contribution in [0.4, 0.5) is 13.2 Å². The lowest BCUT2D eigenvalue weighted by atomic mass is 10.0. The van der Waals surface area contributed by atoms with E-state index in [-0.39, 0.29) is 29.2 Å². The van der Waals surface area contributed by atoms with Crippen molar-refractivity contribution in [3.8, 4) is 11.3 Å². The van der Waals surface area contributed by atoms with Gasteiger partial charge in [0.2, 0.25) is 0 Å². The van der Waals surface area contributed by atoms with Gasteiger partial charge in [0.25, 0.3) is 5.56 Å². The fourth-order valence-electron chi connectivity index (χ4n) is 3.78. The first-order chi connectivity index (χ1) is 13.6. The number of nitrogens with zero attached hydrogens (tertiary/aromatic N) is 3. The number of aryl methyl sites for hydroxylation is 1. The van der Waals surface area contributed by atoms with E-state index in [1.165, 1.54) is 34.3 Å². The smallest absolute Gasteiger partial charge is 0.416 e. The van der Waals surface area contributed by atoms with Crippen molar-refractivity contribution in [3.05, 3.63) is 57.1 Å². The third-order valence-corrected chi connectivity index (χ3v) is 5.26. The highest BCUT2D eigenvalue weighted by Gasteiger charge is 2.35. The lowest BCUT2D eigenvalue weighted by molar-refractivity contribution is -0.138. The molecule has 0 saturated heterocycles. The Labute approximate surface area is 163 Å². The van der Waals surface area contributed by atoms with Gasteiger partial charge in [-0.2, -0.15) is 18.3 Å². The van der Waals surface area contributed by atoms with Gasteiger partial charge in [-0.1, -0.05) is 6.07 Å². The summed E-state index contributed by atoms with van der Waals surface area (Å²) in [6, 6.07) is 3.67. The number of aromatic nitrogens is 3. The van der Waals surface area contributed by atoms with Gasteiger partial charge < -0.3 is 9.67 Å². The van der Waals surface area contributed by atoms with Crippen molar-refractivity contribution >= 4 is 11.5 Å². The SMILES string of the molecule is CCn1c(-c2ccc(C(F)(F)F)c(C)c2)cn2nc(C(=O)O)c(C3CC3)c2c1=O. The first-order valence-corrected chi connectivity index (χ1v) is 9.21. The molecule has 9 heteroatoms. The zero-order valence-corrected chi connectivity index (χ0v) is 15.7. The number of benzene rings is 1. The first-order valence-electron chi connectivity index (χ1n) is 9.21. The summed E-state index contributed by atoms with van der Waals surface area (Å²) in [5.41, 5.74) is 0.225. The first kappa shape index (κ1) is 19.2. The van der Waals surface area contributed by atoms with Gasteiger partial charge in [0.1, 0.15) is 5.52 Å². The van der Waals surface area contributed by atoms with E-state index in [9.17, 15) is 27.9 Å². The Morgan fingerprint density at radius 2 is 2.00 bits per heavy atom. The zero-order chi connectivity index (χ0) is 21.1. The van der Waals surface area contributed by atoms with Crippen LogP contribution in [0, 0.1) is 6.92 Å². The van der Waals surface area contributed by atoms with Gasteiger partial charge in [0, 0.05) is 17.7 Å². The van der Waals surface area contributed by atoms with Crippen molar-refractivity contribution < 1.29 is 23.1 Å². The third-order valence-electron chi connectivity index (χ3n) is 5.26. The molecule has 29 heavy (non-hydrogen) atoms. The average Bonchev–Trinajstić information content (AvgIpc) is 3.40. The van der Waals surface area contributed by atoms with E-state index in [1.807, 2.05) is 0 Å². The predicted octanol–water partition coefficient (Wildman–Crippen LogP) is 4.09. The van der Waals surface area contributed by atoms with Crippen molar-refractivity contribution in [2.45, 2.75) is 45.3 Å². The number of fused-ring (bicyclic) bond motifs is 1. The fraction of sp³-hybridized carbons (Fsp3) is 0.350. The van der Waals surface area contributed by atoms with Crippen LogP contribution in [0.2, 0.25) is 0 Å². The van der Waals surface area contributed by atoms with Crippen LogP contribution >= 0.6 is 0 Å². The summed E-state index contributed by atoms with van der Waals surface area (Å²) in [5, 5.41) is 13.6. The van der Waals surface area contributed by atoms with Crippen LogP contribution in [0.15, 0.2) is 29.2 Å². The molecule has 1 aliphatic carbocycles. The molecule has 0 unspecified atom stereocenters. The van der Waals surface area contributed by atoms with Crippen LogP contribution in [-0.4, -0.2) is 25.3 Å². The number of carboxylic acid groups (broad SMARTS) is 1. The molecule has 2 aromatic heterocycles. The summed E-state index contributed by atoms with van der Waals surface area (Å²) in [5.74, 6) is -1.21. The molecule has 6 nitrogen and oxygen atoms in total. The van der Waals surface area contributed by atoms with Crippen LogP contribution in [0.3, 0.4) is 0 Å². The third kappa shape index (κ3) is 3.10. The molecule has 1 aromatic carbocycles. The van der Waals surface area contributed by atoms with E-state index in [1.54, 1.807) is 6.92 Å². The molecule has 0 atom stereocenters. The maximum absolute atomic E-state index is 13.2. The minimum Gasteiger partial charge on any atom is -0.476 e. The van der Waals surface area contributed by atoms with Crippen molar-refractivity contribution in [2.24, 2.45) is 0 Å². The molecule has 1 saturated carbocycles. The molecule has 0 bridgehead atoms. The summed E-state index contributed by atoms with van der Waals surface area (Å²) in [6.07, 6.45) is -1.35. The number of alkyl halides is 3. The molecular weight excluding hydrogens is 387 g/mol. The van der Waals surface area contributed by atoms with Crippen LogP contribution in [-0.2, 0) is 12.7 Å². The molecule has 2 heterocycles. The Bertz CT molecular complexity index is 1200. The average molecular weight is 405 g/mol. The Morgan fingerprint density at radius 3 is 2.52 bits per heavy atom. The second-order valence-corrected chi connectivity index (χ2v) is 7.23. The quantitative estimate of drug-likeness (QED) is 0.710. The molecule has 3 aromatic rings. The largest absolute Gasteiger partial charge is 0.476 e. The van der Waals surface area contributed by atoms with Crippen molar-refractivity contribution in [2.75, 3.05) is 0 Å². The van der Waals surface area contributed by atoms with Gasteiger partial charge in [-0.25, -0.2) is 9.31 Å². The Hall–Kier alpha value is -3.10. The molecule has 0 amide bonds. The number of rotatable bonds is 4. The summed E-state index contributed by atoms with van der Waals surface area (Å²) in [6.45, 7) is 3.40. The number of hydrogen-bond donors (Lipinski definition) is 1. The van der Waals surface area contributed by atoms with Crippen LogP contribution in [0.1, 0.15) is 52.9 Å². The summed E-state index contributed by atoms with van der Waals surface area (Å²) in [7, 11) is 0. The molecular formula is C20H18F3N3O3. The number of carbonyl (C=O) groups is 1. The van der Waals surface area contributed by atoms with Crippen molar-refractivity contribution in [3.63, 3.8) is 0 Å². The van der Waals surface area contributed by atoms with Gasteiger partial charge in [-0.05, 0) is 50.3 Å². The maximum Gasteiger partial charge on any atom is 0.416 e. The minimum absolute atomic E-state index is 0.00392. The number of carboxylic acids is 1. The molecule has 0 aliphatic heterocycles. The highest BCUT2D eigenvalue weighted by atomic mass is 19.4. The van der Waals surface area contributed by atoms with Gasteiger partial charge >= 0.3 is 12.1 Å².